The summed E-state index contributed by atoms with van der Waals surface area (Å²) in [5.41, 5.74) is 2.44. The minimum absolute atomic E-state index is 0.182. The lowest BCUT2D eigenvalue weighted by atomic mass is 10.1. The van der Waals surface area contributed by atoms with Gasteiger partial charge in [-0.2, -0.15) is 4.98 Å². The number of nitrogens with zero attached hydrogens (tertiary/aromatic N) is 3. The number of nitrogens with one attached hydrogen (secondary N) is 2. The predicted octanol–water partition coefficient (Wildman–Crippen LogP) is 2.41. The SMILES string of the molecule is COCCCCNc1nc(C)c(-c2nc3ccccc3s2)c(N[C@@H]2C[C@H](CO)[C@@H](O)[C@H]2O)n1. The third kappa shape index (κ3) is 5.25. The zero-order chi connectivity index (χ0) is 23.4. The summed E-state index contributed by atoms with van der Waals surface area (Å²) in [5, 5.41) is 37.7. The first-order valence-corrected chi connectivity index (χ1v) is 12.0. The lowest BCUT2D eigenvalue weighted by Gasteiger charge is -2.21. The zero-order valence-corrected chi connectivity index (χ0v) is 19.7. The quantitative estimate of drug-likeness (QED) is 0.282. The molecule has 0 bridgehead atoms. The number of aliphatic hydroxyl groups excluding tert-OH is 3. The monoisotopic (exact) mass is 473 g/mol. The van der Waals surface area contributed by atoms with Gasteiger partial charge < -0.3 is 30.7 Å². The molecule has 5 N–H and O–H groups in total. The van der Waals surface area contributed by atoms with Crippen LogP contribution in [0.15, 0.2) is 24.3 Å². The number of hydrogen-bond donors (Lipinski definition) is 5. The second-order valence-corrected chi connectivity index (χ2v) is 9.41. The molecule has 0 radical (unpaired) electrons. The summed E-state index contributed by atoms with van der Waals surface area (Å²) in [5.74, 6) is 0.657. The molecule has 4 atom stereocenters. The minimum Gasteiger partial charge on any atom is -0.396 e. The molecule has 4 rings (SSSR count). The second kappa shape index (κ2) is 10.7. The van der Waals surface area contributed by atoms with Crippen molar-refractivity contribution in [3.8, 4) is 10.6 Å². The van der Waals surface area contributed by atoms with Crippen LogP contribution in [-0.2, 0) is 4.74 Å². The van der Waals surface area contributed by atoms with Gasteiger partial charge in [0.2, 0.25) is 5.95 Å². The maximum absolute atomic E-state index is 10.6. The van der Waals surface area contributed by atoms with Gasteiger partial charge >= 0.3 is 0 Å². The van der Waals surface area contributed by atoms with E-state index in [0.29, 0.717) is 31.3 Å². The van der Waals surface area contributed by atoms with Crippen LogP contribution in [0, 0.1) is 12.8 Å². The average molecular weight is 474 g/mol. The van der Waals surface area contributed by atoms with Crippen molar-refractivity contribution in [2.24, 2.45) is 5.92 Å². The Hall–Kier alpha value is -2.37. The molecule has 0 saturated heterocycles. The normalized spacial score (nSPS) is 22.7. The summed E-state index contributed by atoms with van der Waals surface area (Å²) in [6.45, 7) is 3.15. The topological polar surface area (TPSA) is 133 Å². The molecule has 0 amide bonds. The summed E-state index contributed by atoms with van der Waals surface area (Å²) in [6, 6.07) is 7.48. The van der Waals surface area contributed by atoms with E-state index in [1.165, 1.54) is 0 Å². The molecule has 1 saturated carbocycles. The number of benzene rings is 1. The van der Waals surface area contributed by atoms with Crippen LogP contribution in [0.5, 0.6) is 0 Å². The largest absolute Gasteiger partial charge is 0.396 e. The summed E-state index contributed by atoms with van der Waals surface area (Å²) in [6.07, 6.45) is 0.294. The van der Waals surface area contributed by atoms with Gasteiger partial charge in [-0.05, 0) is 38.3 Å². The first-order chi connectivity index (χ1) is 16.0. The molecule has 1 fully saturated rings. The van der Waals surface area contributed by atoms with Crippen LogP contribution in [0.2, 0.25) is 0 Å². The highest BCUT2D eigenvalue weighted by molar-refractivity contribution is 7.21. The molecule has 1 aliphatic carbocycles. The molecular formula is C23H31N5O4S. The van der Waals surface area contributed by atoms with Gasteiger partial charge in [-0.3, -0.25) is 0 Å². The Labute approximate surface area is 196 Å². The lowest BCUT2D eigenvalue weighted by molar-refractivity contribution is 0.00446. The molecule has 178 valence electrons. The van der Waals surface area contributed by atoms with Crippen LogP contribution in [-0.4, -0.2) is 75.4 Å². The van der Waals surface area contributed by atoms with E-state index < -0.39 is 18.2 Å². The summed E-state index contributed by atoms with van der Waals surface area (Å²) >= 11 is 1.56. The van der Waals surface area contributed by atoms with Crippen molar-refractivity contribution in [1.82, 2.24) is 15.0 Å². The van der Waals surface area contributed by atoms with Gasteiger partial charge in [0.05, 0.1) is 33.6 Å². The molecule has 3 aromatic rings. The number of fused-ring (bicyclic) bond motifs is 1. The Bertz CT molecular complexity index is 1050. The Morgan fingerprint density at radius 1 is 1.12 bits per heavy atom. The molecule has 2 heterocycles. The number of unbranched alkanes of at least 4 members (excludes halogenated alkanes) is 1. The third-order valence-electron chi connectivity index (χ3n) is 6.01. The second-order valence-electron chi connectivity index (χ2n) is 8.38. The molecule has 1 aromatic carbocycles. The number of hydrogen-bond acceptors (Lipinski definition) is 10. The summed E-state index contributed by atoms with van der Waals surface area (Å²) in [4.78, 5) is 14.2. The number of aromatic nitrogens is 3. The van der Waals surface area contributed by atoms with Crippen LogP contribution < -0.4 is 10.6 Å². The fourth-order valence-corrected chi connectivity index (χ4v) is 5.25. The van der Waals surface area contributed by atoms with E-state index in [9.17, 15) is 15.3 Å². The maximum Gasteiger partial charge on any atom is 0.224 e. The zero-order valence-electron chi connectivity index (χ0n) is 18.9. The van der Waals surface area contributed by atoms with Crippen molar-refractivity contribution in [3.63, 3.8) is 0 Å². The van der Waals surface area contributed by atoms with E-state index in [1.807, 2.05) is 31.2 Å². The molecule has 33 heavy (non-hydrogen) atoms. The molecule has 10 heteroatoms. The molecule has 1 aliphatic rings. The molecule has 0 spiro atoms. The van der Waals surface area contributed by atoms with E-state index in [0.717, 1.165) is 39.3 Å². The minimum atomic E-state index is -1.01. The van der Waals surface area contributed by atoms with Gasteiger partial charge in [-0.1, -0.05) is 12.1 Å². The number of aliphatic hydroxyl groups is 3. The Morgan fingerprint density at radius 3 is 2.67 bits per heavy atom. The van der Waals surface area contributed by atoms with Gasteiger partial charge in [-0.15, -0.1) is 11.3 Å². The van der Waals surface area contributed by atoms with Crippen LogP contribution in [0.1, 0.15) is 25.0 Å². The van der Waals surface area contributed by atoms with E-state index in [1.54, 1.807) is 18.4 Å². The van der Waals surface area contributed by atoms with Crippen molar-refractivity contribution >= 4 is 33.3 Å². The van der Waals surface area contributed by atoms with Crippen LogP contribution in [0.3, 0.4) is 0 Å². The fourth-order valence-electron chi connectivity index (χ4n) is 4.19. The van der Waals surface area contributed by atoms with Crippen molar-refractivity contribution in [1.29, 1.82) is 0 Å². The van der Waals surface area contributed by atoms with Gasteiger partial charge in [0.25, 0.3) is 0 Å². The van der Waals surface area contributed by atoms with E-state index in [2.05, 4.69) is 15.6 Å². The average Bonchev–Trinajstić information content (AvgIpc) is 3.34. The van der Waals surface area contributed by atoms with Gasteiger partial charge in [0.15, 0.2) is 0 Å². The van der Waals surface area contributed by atoms with Gasteiger partial charge in [-0.25, -0.2) is 9.97 Å². The van der Waals surface area contributed by atoms with Gasteiger partial charge in [0.1, 0.15) is 16.9 Å². The van der Waals surface area contributed by atoms with Crippen LogP contribution in [0.4, 0.5) is 11.8 Å². The molecule has 0 aliphatic heterocycles. The molecular weight excluding hydrogens is 442 g/mol. The van der Waals surface area contributed by atoms with Crippen molar-refractivity contribution in [2.45, 2.75) is 44.4 Å². The van der Waals surface area contributed by atoms with Crippen molar-refractivity contribution in [2.75, 3.05) is 37.5 Å². The van der Waals surface area contributed by atoms with Gasteiger partial charge in [0, 0.05) is 32.8 Å². The third-order valence-corrected chi connectivity index (χ3v) is 7.07. The highest BCUT2D eigenvalue weighted by Gasteiger charge is 2.41. The number of ether oxygens (including phenoxy) is 1. The standard InChI is InChI=1S/C23H31N5O4S/c1-13-18(22-27-15-7-3-4-8-17(15)33-22)21(26-16-11-14(12-29)19(30)20(16)31)28-23(25-13)24-9-5-6-10-32-2/h3-4,7-8,14,16,19-20,29-31H,5-6,9-12H2,1-2H3,(H2,24,25,26,28)/t14-,16-,19-,20+/m1/s1. The smallest absolute Gasteiger partial charge is 0.224 e. The number of rotatable bonds is 10. The van der Waals surface area contributed by atoms with Crippen LogP contribution >= 0.6 is 11.3 Å². The maximum atomic E-state index is 10.6. The highest BCUT2D eigenvalue weighted by Crippen LogP contribution is 2.38. The first-order valence-electron chi connectivity index (χ1n) is 11.2. The van der Waals surface area contributed by atoms with Crippen molar-refractivity contribution in [3.05, 3.63) is 30.0 Å². The van der Waals surface area contributed by atoms with Crippen molar-refractivity contribution < 1.29 is 20.1 Å². The lowest BCUT2D eigenvalue weighted by Crippen LogP contribution is -2.35. The number of aryl methyl sites for hydroxylation is 1. The molecule has 0 unspecified atom stereocenters. The summed E-state index contributed by atoms with van der Waals surface area (Å²) in [7, 11) is 1.69. The highest BCUT2D eigenvalue weighted by atomic mass is 32.1. The van der Waals surface area contributed by atoms with E-state index in [-0.39, 0.29) is 12.5 Å². The number of para-hydroxylation sites is 1. The molecule has 9 nitrogen and oxygen atoms in total. The first kappa shape index (κ1) is 23.8. The fraction of sp³-hybridized carbons (Fsp3) is 0.522. The molecule has 2 aromatic heterocycles. The number of methoxy groups -OCH3 is 1. The Morgan fingerprint density at radius 2 is 1.94 bits per heavy atom. The summed E-state index contributed by atoms with van der Waals surface area (Å²) < 4.78 is 6.16. The van der Waals surface area contributed by atoms with E-state index >= 15 is 0 Å². The van der Waals surface area contributed by atoms with E-state index in [4.69, 9.17) is 14.7 Å². The predicted molar refractivity (Wildman–Crippen MR) is 130 cm³/mol. The number of thiazole rings is 1. The number of anilines is 2. The Balaban J connectivity index is 1.65. The van der Waals surface area contributed by atoms with Crippen LogP contribution in [0.25, 0.3) is 20.8 Å². The Kier molecular flexibility index (Phi) is 7.71.